The molecule has 0 saturated carbocycles. The third kappa shape index (κ3) is 4.28. The maximum absolute atomic E-state index is 11.0. The molecule has 1 aromatic rings. The van der Waals surface area contributed by atoms with Gasteiger partial charge in [0.25, 0.3) is 0 Å². The molecule has 0 aliphatic rings. The average Bonchev–Trinajstić information content (AvgIpc) is 2.29. The fourth-order valence-corrected chi connectivity index (χ4v) is 1.25. The fourth-order valence-electron chi connectivity index (χ4n) is 1.25. The molecule has 0 aliphatic heterocycles. The van der Waals surface area contributed by atoms with E-state index in [9.17, 15) is 4.79 Å². The molecule has 1 N–H and O–H groups in total. The molecule has 0 saturated heterocycles. The van der Waals surface area contributed by atoms with Crippen LogP contribution in [0.25, 0.3) is 0 Å². The number of aliphatic hydroxyl groups is 1. The van der Waals surface area contributed by atoms with Crippen molar-refractivity contribution >= 4 is 5.78 Å². The van der Waals surface area contributed by atoms with Gasteiger partial charge in [0.05, 0.1) is 12.9 Å². The molecule has 0 amide bonds. The van der Waals surface area contributed by atoms with E-state index in [-0.39, 0.29) is 12.4 Å². The second kappa shape index (κ2) is 6.80. The zero-order valence-electron chi connectivity index (χ0n) is 9.35. The van der Waals surface area contributed by atoms with Gasteiger partial charge in [0, 0.05) is 5.56 Å². The molecule has 0 bridgehead atoms. The molecule has 1 rings (SSSR count). The number of hydrogen-bond donors (Lipinski definition) is 1. The molecule has 1 aromatic carbocycles. The predicted octanol–water partition coefficient (Wildman–Crippen LogP) is 1.95. The number of aliphatic hydroxyl groups excluding tert-OH is 1. The molecule has 0 fully saturated rings. The molecular formula is C13H16O3. The van der Waals surface area contributed by atoms with Gasteiger partial charge in [-0.1, -0.05) is 24.3 Å². The highest BCUT2D eigenvalue weighted by Crippen LogP contribution is 2.06. The Morgan fingerprint density at radius 2 is 2.06 bits per heavy atom. The summed E-state index contributed by atoms with van der Waals surface area (Å²) < 4.78 is 4.98. The van der Waals surface area contributed by atoms with Gasteiger partial charge in [0.1, 0.15) is 6.61 Å². The van der Waals surface area contributed by atoms with Gasteiger partial charge >= 0.3 is 0 Å². The molecule has 16 heavy (non-hydrogen) atoms. The highest BCUT2D eigenvalue weighted by atomic mass is 16.5. The van der Waals surface area contributed by atoms with E-state index in [1.807, 2.05) is 30.3 Å². The lowest BCUT2D eigenvalue weighted by Crippen LogP contribution is -1.93. The number of carbonyl (C=O) groups is 1. The molecular weight excluding hydrogens is 204 g/mol. The number of Topliss-reactive ketones (excluding diaryl/α,β-unsaturated/α-hetero) is 1. The van der Waals surface area contributed by atoms with Crippen LogP contribution in [-0.4, -0.2) is 24.1 Å². The molecule has 3 heteroatoms. The monoisotopic (exact) mass is 220 g/mol. The Kier molecular flexibility index (Phi) is 5.29. The summed E-state index contributed by atoms with van der Waals surface area (Å²) in [5, 5.41) is 8.47. The van der Waals surface area contributed by atoms with Crippen molar-refractivity contribution in [3.63, 3.8) is 0 Å². The summed E-state index contributed by atoms with van der Waals surface area (Å²) >= 11 is 0. The summed E-state index contributed by atoms with van der Waals surface area (Å²) in [4.78, 5) is 11.0. The van der Waals surface area contributed by atoms with Crippen molar-refractivity contribution in [2.24, 2.45) is 0 Å². The Morgan fingerprint density at radius 3 is 2.62 bits per heavy atom. The lowest BCUT2D eigenvalue weighted by atomic mass is 10.1. The van der Waals surface area contributed by atoms with Crippen LogP contribution in [0.2, 0.25) is 0 Å². The molecule has 0 aromatic heterocycles. The molecule has 86 valence electrons. The van der Waals surface area contributed by atoms with Crippen LogP contribution < -0.4 is 0 Å². The van der Waals surface area contributed by atoms with E-state index in [1.54, 1.807) is 13.2 Å². The van der Waals surface area contributed by atoms with Crippen LogP contribution in [-0.2, 0) is 11.2 Å². The van der Waals surface area contributed by atoms with E-state index in [0.717, 1.165) is 17.5 Å². The topological polar surface area (TPSA) is 46.5 Å². The van der Waals surface area contributed by atoms with Crippen LogP contribution in [0, 0.1) is 0 Å². The number of ketones is 1. The van der Waals surface area contributed by atoms with Crippen molar-refractivity contribution < 1.29 is 14.6 Å². The summed E-state index contributed by atoms with van der Waals surface area (Å²) in [6, 6.07) is 7.49. The van der Waals surface area contributed by atoms with Gasteiger partial charge in [-0.25, -0.2) is 0 Å². The van der Waals surface area contributed by atoms with Crippen molar-refractivity contribution in [2.75, 3.05) is 13.2 Å². The first-order valence-electron chi connectivity index (χ1n) is 5.21. The number of hydrogen-bond acceptors (Lipinski definition) is 3. The third-order valence-corrected chi connectivity index (χ3v) is 2.12. The van der Waals surface area contributed by atoms with Crippen molar-refractivity contribution in [2.45, 2.75) is 13.3 Å². The van der Waals surface area contributed by atoms with Crippen LogP contribution in [0.1, 0.15) is 22.8 Å². The number of benzene rings is 1. The molecule has 3 nitrogen and oxygen atoms in total. The fraction of sp³-hybridized carbons (Fsp3) is 0.308. The van der Waals surface area contributed by atoms with E-state index in [0.29, 0.717) is 6.61 Å². The van der Waals surface area contributed by atoms with Gasteiger partial charge in [0.15, 0.2) is 5.78 Å². The van der Waals surface area contributed by atoms with Gasteiger partial charge in [-0.2, -0.15) is 0 Å². The summed E-state index contributed by atoms with van der Waals surface area (Å²) in [6.45, 7) is 1.90. The van der Waals surface area contributed by atoms with Crippen molar-refractivity contribution in [1.29, 1.82) is 0 Å². The number of carbonyl (C=O) groups excluding carboxylic acids is 1. The molecule has 0 unspecified atom stereocenters. The highest BCUT2D eigenvalue weighted by molar-refractivity contribution is 5.93. The summed E-state index contributed by atoms with van der Waals surface area (Å²) in [7, 11) is 0. The van der Waals surface area contributed by atoms with Crippen LogP contribution in [0.3, 0.4) is 0 Å². The smallest absolute Gasteiger partial charge is 0.159 e. The highest BCUT2D eigenvalue weighted by Gasteiger charge is 1.97. The first kappa shape index (κ1) is 12.5. The second-order valence-electron chi connectivity index (χ2n) is 3.42. The Bertz CT molecular complexity index is 352. The van der Waals surface area contributed by atoms with Crippen molar-refractivity contribution in [3.8, 4) is 0 Å². The van der Waals surface area contributed by atoms with E-state index >= 15 is 0 Å². The third-order valence-electron chi connectivity index (χ3n) is 2.12. The van der Waals surface area contributed by atoms with Crippen molar-refractivity contribution in [3.05, 3.63) is 47.7 Å². The summed E-state index contributed by atoms with van der Waals surface area (Å²) in [6.07, 6.45) is 4.21. The second-order valence-corrected chi connectivity index (χ2v) is 3.42. The molecule has 0 spiro atoms. The normalized spacial score (nSPS) is 10.6. The van der Waals surface area contributed by atoms with Crippen LogP contribution >= 0.6 is 0 Å². The standard InChI is InChI=1S/C13H16O3/c1-11(15)13-6-4-12(5-7-13)3-2-9-16-10-8-14/h2,4-7,9,14H,3,8,10H2,1H3/b9-2-. The molecule has 0 radical (unpaired) electrons. The van der Waals surface area contributed by atoms with Crippen LogP contribution in [0.15, 0.2) is 36.6 Å². The first-order valence-corrected chi connectivity index (χ1v) is 5.21. The quantitative estimate of drug-likeness (QED) is 0.453. The molecule has 0 atom stereocenters. The number of rotatable bonds is 6. The van der Waals surface area contributed by atoms with E-state index in [1.165, 1.54) is 0 Å². The Hall–Kier alpha value is -1.61. The first-order chi connectivity index (χ1) is 7.74. The van der Waals surface area contributed by atoms with Gasteiger partial charge in [-0.05, 0) is 25.0 Å². The molecule has 0 aliphatic carbocycles. The van der Waals surface area contributed by atoms with E-state index in [2.05, 4.69) is 0 Å². The zero-order valence-corrected chi connectivity index (χ0v) is 9.35. The van der Waals surface area contributed by atoms with Crippen LogP contribution in [0.5, 0.6) is 0 Å². The Morgan fingerprint density at radius 1 is 1.38 bits per heavy atom. The number of allylic oxidation sites excluding steroid dienone is 1. The summed E-state index contributed by atoms with van der Waals surface area (Å²) in [5.41, 5.74) is 1.85. The van der Waals surface area contributed by atoms with Gasteiger partial charge in [-0.15, -0.1) is 0 Å². The van der Waals surface area contributed by atoms with E-state index in [4.69, 9.17) is 9.84 Å². The summed E-state index contributed by atoms with van der Waals surface area (Å²) in [5.74, 6) is 0.0772. The van der Waals surface area contributed by atoms with Crippen molar-refractivity contribution in [1.82, 2.24) is 0 Å². The predicted molar refractivity (Wildman–Crippen MR) is 62.3 cm³/mol. The average molecular weight is 220 g/mol. The van der Waals surface area contributed by atoms with Gasteiger partial charge < -0.3 is 9.84 Å². The number of ether oxygens (including phenoxy) is 1. The minimum absolute atomic E-state index is 0.0254. The van der Waals surface area contributed by atoms with E-state index < -0.39 is 0 Å². The largest absolute Gasteiger partial charge is 0.499 e. The Balaban J connectivity index is 2.43. The lowest BCUT2D eigenvalue weighted by Gasteiger charge is -1.99. The SMILES string of the molecule is CC(=O)c1ccc(C/C=C\OCCO)cc1. The maximum Gasteiger partial charge on any atom is 0.159 e. The Labute approximate surface area is 95.4 Å². The minimum Gasteiger partial charge on any atom is -0.499 e. The van der Waals surface area contributed by atoms with Crippen LogP contribution in [0.4, 0.5) is 0 Å². The molecule has 0 heterocycles. The minimum atomic E-state index is 0.0254. The maximum atomic E-state index is 11.0. The lowest BCUT2D eigenvalue weighted by molar-refractivity contribution is 0.101. The van der Waals surface area contributed by atoms with Gasteiger partial charge in [-0.3, -0.25) is 4.79 Å². The van der Waals surface area contributed by atoms with Gasteiger partial charge in [0.2, 0.25) is 0 Å². The zero-order chi connectivity index (χ0) is 11.8.